The molecule has 2 rings (SSSR count). The van der Waals surface area contributed by atoms with Crippen LogP contribution in [0.15, 0.2) is 24.5 Å². The Kier molecular flexibility index (Phi) is 3.49. The monoisotopic (exact) mass is 264 g/mol. The van der Waals surface area contributed by atoms with Gasteiger partial charge in [0, 0.05) is 36.8 Å². The van der Waals surface area contributed by atoms with E-state index in [0.717, 1.165) is 5.56 Å². The van der Waals surface area contributed by atoms with Crippen molar-refractivity contribution in [3.63, 3.8) is 0 Å². The molecule has 0 unspecified atom stereocenters. The molecule has 0 saturated heterocycles. The first-order valence-electron chi connectivity index (χ1n) is 6.41. The number of amides is 1. The smallest absolute Gasteiger partial charge is 0.407 e. The molecule has 104 valence electrons. The molecule has 1 aromatic heterocycles. The molecule has 0 bridgehead atoms. The SMILES string of the molecule is CC(C)(C)OC(=O)NC1CC(O)(c2cccnc2)C1. The van der Waals surface area contributed by atoms with Crippen molar-refractivity contribution in [1.29, 1.82) is 0 Å². The van der Waals surface area contributed by atoms with E-state index in [2.05, 4.69) is 10.3 Å². The fourth-order valence-corrected chi connectivity index (χ4v) is 2.21. The molecule has 19 heavy (non-hydrogen) atoms. The largest absolute Gasteiger partial charge is 0.444 e. The van der Waals surface area contributed by atoms with Crippen molar-refractivity contribution in [2.45, 2.75) is 50.9 Å². The predicted octanol–water partition coefficient (Wildman–Crippen LogP) is 1.96. The number of ether oxygens (including phenoxy) is 1. The molecule has 0 radical (unpaired) electrons. The Morgan fingerprint density at radius 2 is 2.21 bits per heavy atom. The van der Waals surface area contributed by atoms with E-state index in [1.54, 1.807) is 18.5 Å². The van der Waals surface area contributed by atoms with Gasteiger partial charge in [-0.25, -0.2) is 4.79 Å². The summed E-state index contributed by atoms with van der Waals surface area (Å²) in [6.45, 7) is 5.46. The molecular formula is C14H20N2O3. The van der Waals surface area contributed by atoms with Crippen molar-refractivity contribution in [3.8, 4) is 0 Å². The van der Waals surface area contributed by atoms with Crippen molar-refractivity contribution in [2.24, 2.45) is 0 Å². The summed E-state index contributed by atoms with van der Waals surface area (Å²) in [7, 11) is 0. The molecule has 1 aromatic rings. The summed E-state index contributed by atoms with van der Waals surface area (Å²) in [6.07, 6.45) is 3.85. The third-order valence-corrected chi connectivity index (χ3v) is 3.09. The van der Waals surface area contributed by atoms with Gasteiger partial charge in [0.25, 0.3) is 0 Å². The second-order valence-electron chi connectivity index (χ2n) is 6.02. The van der Waals surface area contributed by atoms with Crippen LogP contribution in [0, 0.1) is 0 Å². The first-order chi connectivity index (χ1) is 8.78. The van der Waals surface area contributed by atoms with E-state index in [9.17, 15) is 9.90 Å². The Morgan fingerprint density at radius 3 is 2.74 bits per heavy atom. The average Bonchev–Trinajstić information content (AvgIpc) is 2.25. The minimum absolute atomic E-state index is 0.0555. The zero-order valence-electron chi connectivity index (χ0n) is 11.5. The van der Waals surface area contributed by atoms with Gasteiger partial charge in [0.2, 0.25) is 0 Å². The number of rotatable bonds is 2. The maximum atomic E-state index is 11.6. The topological polar surface area (TPSA) is 71.5 Å². The highest BCUT2D eigenvalue weighted by Gasteiger charge is 2.45. The number of hydrogen-bond donors (Lipinski definition) is 2. The predicted molar refractivity (Wildman–Crippen MR) is 70.5 cm³/mol. The van der Waals surface area contributed by atoms with Crippen molar-refractivity contribution in [2.75, 3.05) is 0 Å². The summed E-state index contributed by atoms with van der Waals surface area (Å²) in [5.41, 5.74) is -0.598. The fourth-order valence-electron chi connectivity index (χ4n) is 2.21. The summed E-state index contributed by atoms with van der Waals surface area (Å²) in [5.74, 6) is 0. The van der Waals surface area contributed by atoms with Crippen LogP contribution in [0.2, 0.25) is 0 Å². The molecule has 1 aliphatic carbocycles. The molecule has 1 amide bonds. The van der Waals surface area contributed by atoms with Crippen LogP contribution in [0.5, 0.6) is 0 Å². The first-order valence-corrected chi connectivity index (χ1v) is 6.41. The lowest BCUT2D eigenvalue weighted by Gasteiger charge is -2.43. The lowest BCUT2D eigenvalue weighted by atomic mass is 9.72. The Bertz CT molecular complexity index is 448. The molecular weight excluding hydrogens is 244 g/mol. The van der Waals surface area contributed by atoms with E-state index in [-0.39, 0.29) is 6.04 Å². The Labute approximate surface area is 113 Å². The Balaban J connectivity index is 1.85. The van der Waals surface area contributed by atoms with E-state index in [4.69, 9.17) is 4.74 Å². The van der Waals surface area contributed by atoms with Crippen LogP contribution in [-0.2, 0) is 10.3 Å². The van der Waals surface area contributed by atoms with Crippen LogP contribution in [-0.4, -0.2) is 27.8 Å². The number of alkyl carbamates (subject to hydrolysis) is 1. The third-order valence-electron chi connectivity index (χ3n) is 3.09. The third kappa shape index (κ3) is 3.44. The van der Waals surface area contributed by atoms with Crippen LogP contribution in [0.25, 0.3) is 0 Å². The standard InChI is InChI=1S/C14H20N2O3/c1-13(2,3)19-12(17)16-11-7-14(18,8-11)10-5-4-6-15-9-10/h4-6,9,11,18H,7-8H2,1-3H3,(H,16,17). The normalized spacial score (nSPS) is 26.4. The molecule has 5 nitrogen and oxygen atoms in total. The highest BCUT2D eigenvalue weighted by Crippen LogP contribution is 2.41. The lowest BCUT2D eigenvalue weighted by molar-refractivity contribution is -0.0629. The van der Waals surface area contributed by atoms with Crippen molar-refractivity contribution in [3.05, 3.63) is 30.1 Å². The second kappa shape index (κ2) is 4.81. The van der Waals surface area contributed by atoms with Gasteiger partial charge < -0.3 is 15.2 Å². The van der Waals surface area contributed by atoms with E-state index < -0.39 is 17.3 Å². The van der Waals surface area contributed by atoms with Gasteiger partial charge in [-0.1, -0.05) is 6.07 Å². The van der Waals surface area contributed by atoms with Crippen molar-refractivity contribution in [1.82, 2.24) is 10.3 Å². The number of hydrogen-bond acceptors (Lipinski definition) is 4. The average molecular weight is 264 g/mol. The minimum Gasteiger partial charge on any atom is -0.444 e. The number of aromatic nitrogens is 1. The number of pyridine rings is 1. The van der Waals surface area contributed by atoms with Gasteiger partial charge in [-0.05, 0) is 26.8 Å². The zero-order valence-corrected chi connectivity index (χ0v) is 11.5. The molecule has 0 aliphatic heterocycles. The number of carbonyl (C=O) groups excluding carboxylic acids is 1. The Hall–Kier alpha value is -1.62. The summed E-state index contributed by atoms with van der Waals surface area (Å²) in [4.78, 5) is 15.6. The minimum atomic E-state index is -0.881. The molecule has 1 fully saturated rings. The molecule has 5 heteroatoms. The van der Waals surface area contributed by atoms with Crippen molar-refractivity contribution >= 4 is 6.09 Å². The van der Waals surface area contributed by atoms with Gasteiger partial charge in [-0.2, -0.15) is 0 Å². The molecule has 0 aromatic carbocycles. The van der Waals surface area contributed by atoms with E-state index in [1.165, 1.54) is 0 Å². The molecule has 0 atom stereocenters. The van der Waals surface area contributed by atoms with Gasteiger partial charge in [-0.15, -0.1) is 0 Å². The summed E-state index contributed by atoms with van der Waals surface area (Å²) < 4.78 is 5.17. The Morgan fingerprint density at radius 1 is 1.53 bits per heavy atom. The molecule has 1 saturated carbocycles. The van der Waals surface area contributed by atoms with Crippen LogP contribution < -0.4 is 5.32 Å². The molecule has 0 spiro atoms. The maximum absolute atomic E-state index is 11.6. The van der Waals surface area contributed by atoms with Crippen LogP contribution in [0.3, 0.4) is 0 Å². The highest BCUT2D eigenvalue weighted by molar-refractivity contribution is 5.68. The molecule has 1 aliphatic rings. The summed E-state index contributed by atoms with van der Waals surface area (Å²) >= 11 is 0. The lowest BCUT2D eigenvalue weighted by Crippen LogP contribution is -2.54. The molecule has 1 heterocycles. The van der Waals surface area contributed by atoms with E-state index in [0.29, 0.717) is 12.8 Å². The van der Waals surface area contributed by atoms with Gasteiger partial charge in [-0.3, -0.25) is 4.98 Å². The van der Waals surface area contributed by atoms with Gasteiger partial charge in [0.1, 0.15) is 5.60 Å². The molecule has 2 N–H and O–H groups in total. The van der Waals surface area contributed by atoms with Gasteiger partial charge in [0.15, 0.2) is 0 Å². The second-order valence-corrected chi connectivity index (χ2v) is 6.02. The number of nitrogens with zero attached hydrogens (tertiary/aromatic N) is 1. The number of carbonyl (C=O) groups is 1. The van der Waals surface area contributed by atoms with Crippen LogP contribution >= 0.6 is 0 Å². The maximum Gasteiger partial charge on any atom is 0.407 e. The van der Waals surface area contributed by atoms with Gasteiger partial charge >= 0.3 is 6.09 Å². The van der Waals surface area contributed by atoms with Gasteiger partial charge in [0.05, 0.1) is 5.60 Å². The van der Waals surface area contributed by atoms with Crippen molar-refractivity contribution < 1.29 is 14.6 Å². The number of nitrogens with one attached hydrogen (secondary N) is 1. The van der Waals surface area contributed by atoms with E-state index in [1.807, 2.05) is 26.8 Å². The summed E-state index contributed by atoms with van der Waals surface area (Å²) in [6, 6.07) is 3.58. The summed E-state index contributed by atoms with van der Waals surface area (Å²) in [5, 5.41) is 13.1. The zero-order chi connectivity index (χ0) is 14.1. The number of aliphatic hydroxyl groups is 1. The van der Waals surface area contributed by atoms with Crippen LogP contribution in [0.1, 0.15) is 39.2 Å². The first kappa shape index (κ1) is 13.8. The quantitative estimate of drug-likeness (QED) is 0.856. The fraction of sp³-hybridized carbons (Fsp3) is 0.571. The van der Waals surface area contributed by atoms with Crippen LogP contribution in [0.4, 0.5) is 4.79 Å². The highest BCUT2D eigenvalue weighted by atomic mass is 16.6. The van der Waals surface area contributed by atoms with E-state index >= 15 is 0 Å².